The van der Waals surface area contributed by atoms with E-state index >= 15 is 0 Å². The highest BCUT2D eigenvalue weighted by Crippen LogP contribution is 2.19. The Kier molecular flexibility index (Phi) is 4.61. The van der Waals surface area contributed by atoms with Crippen LogP contribution in [0.15, 0.2) is 41.8 Å². The Morgan fingerprint density at radius 1 is 1.22 bits per heavy atom. The molecule has 96 valence electrons. The number of rotatable bonds is 6. The minimum Gasteiger partial charge on any atom is -0.497 e. The fraction of sp³-hybridized carbons (Fsp3) is 0.286. The van der Waals surface area contributed by atoms with Crippen molar-refractivity contribution in [3.05, 3.63) is 46.7 Å². The molecular formula is C14H17NO2S. The Labute approximate surface area is 111 Å². The molecule has 2 aromatic rings. The topological polar surface area (TPSA) is 44.5 Å². The monoisotopic (exact) mass is 263 g/mol. The van der Waals surface area contributed by atoms with E-state index in [1.165, 1.54) is 4.88 Å². The molecule has 3 nitrogen and oxygen atoms in total. The molecule has 1 unspecified atom stereocenters. The predicted octanol–water partition coefficient (Wildman–Crippen LogP) is 2.71. The van der Waals surface area contributed by atoms with Gasteiger partial charge in [0.2, 0.25) is 0 Å². The number of hydrogen-bond donors (Lipinski definition) is 1. The number of nitrogens with two attached hydrogens (primary N) is 1. The van der Waals surface area contributed by atoms with E-state index in [4.69, 9.17) is 15.2 Å². The molecular weight excluding hydrogens is 246 g/mol. The summed E-state index contributed by atoms with van der Waals surface area (Å²) in [7, 11) is 1.64. The molecule has 0 aliphatic rings. The van der Waals surface area contributed by atoms with Gasteiger partial charge in [0.15, 0.2) is 0 Å². The smallest absolute Gasteiger partial charge is 0.123 e. The van der Waals surface area contributed by atoms with E-state index in [1.807, 2.05) is 30.3 Å². The summed E-state index contributed by atoms with van der Waals surface area (Å²) in [6.45, 7) is 0.505. The van der Waals surface area contributed by atoms with Crippen LogP contribution in [-0.4, -0.2) is 19.8 Å². The first-order chi connectivity index (χ1) is 8.78. The molecule has 0 radical (unpaired) electrons. The van der Waals surface area contributed by atoms with E-state index in [1.54, 1.807) is 18.4 Å². The van der Waals surface area contributed by atoms with Crippen LogP contribution in [0.1, 0.15) is 4.88 Å². The first-order valence-corrected chi connectivity index (χ1v) is 6.70. The van der Waals surface area contributed by atoms with E-state index in [9.17, 15) is 0 Å². The summed E-state index contributed by atoms with van der Waals surface area (Å²) in [6.07, 6.45) is 0.849. The minimum absolute atomic E-state index is 0.00912. The number of hydrogen-bond acceptors (Lipinski definition) is 4. The molecule has 0 amide bonds. The molecule has 2 N–H and O–H groups in total. The summed E-state index contributed by atoms with van der Waals surface area (Å²) in [5.74, 6) is 1.58. The lowest BCUT2D eigenvalue weighted by molar-refractivity contribution is 0.286. The van der Waals surface area contributed by atoms with Crippen molar-refractivity contribution in [2.45, 2.75) is 12.5 Å². The summed E-state index contributed by atoms with van der Waals surface area (Å²) in [5, 5.41) is 2.06. The van der Waals surface area contributed by atoms with E-state index < -0.39 is 0 Å². The van der Waals surface area contributed by atoms with Crippen LogP contribution in [-0.2, 0) is 6.42 Å². The van der Waals surface area contributed by atoms with Gasteiger partial charge in [-0.2, -0.15) is 0 Å². The highest BCUT2D eigenvalue weighted by Gasteiger charge is 2.06. The molecule has 1 aromatic heterocycles. The fourth-order valence-corrected chi connectivity index (χ4v) is 2.44. The van der Waals surface area contributed by atoms with Gasteiger partial charge in [-0.05, 0) is 23.6 Å². The zero-order valence-corrected chi connectivity index (χ0v) is 11.2. The van der Waals surface area contributed by atoms with E-state index in [2.05, 4.69) is 11.4 Å². The summed E-state index contributed by atoms with van der Waals surface area (Å²) in [4.78, 5) is 1.29. The Bertz CT molecular complexity index is 470. The highest BCUT2D eigenvalue weighted by atomic mass is 32.1. The van der Waals surface area contributed by atoms with Gasteiger partial charge < -0.3 is 15.2 Å². The Hall–Kier alpha value is -1.52. The third kappa shape index (κ3) is 3.75. The van der Waals surface area contributed by atoms with Crippen LogP contribution in [0.5, 0.6) is 11.5 Å². The van der Waals surface area contributed by atoms with Gasteiger partial charge in [-0.1, -0.05) is 12.1 Å². The minimum atomic E-state index is 0.00912. The third-order valence-electron chi connectivity index (χ3n) is 2.55. The van der Waals surface area contributed by atoms with Crippen molar-refractivity contribution < 1.29 is 9.47 Å². The second kappa shape index (κ2) is 6.42. The lowest BCUT2D eigenvalue weighted by Crippen LogP contribution is -2.29. The maximum Gasteiger partial charge on any atom is 0.123 e. The van der Waals surface area contributed by atoms with E-state index in [0.717, 1.165) is 17.9 Å². The van der Waals surface area contributed by atoms with Gasteiger partial charge in [-0.3, -0.25) is 0 Å². The Morgan fingerprint density at radius 2 is 2.06 bits per heavy atom. The fourth-order valence-electron chi connectivity index (χ4n) is 1.64. The van der Waals surface area contributed by atoms with Gasteiger partial charge in [0, 0.05) is 23.4 Å². The highest BCUT2D eigenvalue weighted by molar-refractivity contribution is 7.09. The Balaban J connectivity index is 1.83. The molecule has 0 aliphatic carbocycles. The number of benzene rings is 1. The number of methoxy groups -OCH3 is 1. The van der Waals surface area contributed by atoms with Gasteiger partial charge in [-0.25, -0.2) is 0 Å². The molecule has 1 heterocycles. The molecule has 2 rings (SSSR count). The van der Waals surface area contributed by atoms with Gasteiger partial charge in [0.25, 0.3) is 0 Å². The zero-order chi connectivity index (χ0) is 12.8. The van der Waals surface area contributed by atoms with Gasteiger partial charge in [0.1, 0.15) is 18.1 Å². The summed E-state index contributed by atoms with van der Waals surface area (Å²) in [6, 6.07) is 11.7. The van der Waals surface area contributed by atoms with Crippen LogP contribution in [0.3, 0.4) is 0 Å². The first kappa shape index (κ1) is 12.9. The lowest BCUT2D eigenvalue weighted by atomic mass is 10.2. The summed E-state index contributed by atoms with van der Waals surface area (Å²) < 4.78 is 10.8. The average molecular weight is 263 g/mol. The van der Waals surface area contributed by atoms with Crippen molar-refractivity contribution in [3.63, 3.8) is 0 Å². The molecule has 0 saturated heterocycles. The van der Waals surface area contributed by atoms with Crippen LogP contribution in [0.2, 0.25) is 0 Å². The number of ether oxygens (including phenoxy) is 2. The second-order valence-electron chi connectivity index (χ2n) is 4.03. The molecule has 0 spiro atoms. The third-order valence-corrected chi connectivity index (χ3v) is 3.45. The van der Waals surface area contributed by atoms with E-state index in [0.29, 0.717) is 6.61 Å². The van der Waals surface area contributed by atoms with Crippen molar-refractivity contribution in [1.82, 2.24) is 0 Å². The summed E-state index contributed by atoms with van der Waals surface area (Å²) >= 11 is 1.72. The molecule has 0 bridgehead atoms. The second-order valence-corrected chi connectivity index (χ2v) is 5.07. The molecule has 0 saturated carbocycles. The maximum atomic E-state index is 6.03. The lowest BCUT2D eigenvalue weighted by Gasteiger charge is -2.12. The van der Waals surface area contributed by atoms with Crippen molar-refractivity contribution in [3.8, 4) is 11.5 Å². The molecule has 4 heteroatoms. The molecule has 18 heavy (non-hydrogen) atoms. The number of thiophene rings is 1. The van der Waals surface area contributed by atoms with Crippen LogP contribution in [0, 0.1) is 0 Å². The van der Waals surface area contributed by atoms with Gasteiger partial charge >= 0.3 is 0 Å². The normalized spacial score (nSPS) is 12.1. The van der Waals surface area contributed by atoms with Crippen LogP contribution >= 0.6 is 11.3 Å². The van der Waals surface area contributed by atoms with Crippen LogP contribution in [0.4, 0.5) is 0 Å². The Morgan fingerprint density at radius 3 is 2.78 bits per heavy atom. The van der Waals surface area contributed by atoms with E-state index in [-0.39, 0.29) is 6.04 Å². The van der Waals surface area contributed by atoms with Crippen molar-refractivity contribution in [2.24, 2.45) is 5.73 Å². The molecule has 1 atom stereocenters. The van der Waals surface area contributed by atoms with Crippen LogP contribution < -0.4 is 15.2 Å². The van der Waals surface area contributed by atoms with Crippen molar-refractivity contribution >= 4 is 11.3 Å². The van der Waals surface area contributed by atoms with Crippen molar-refractivity contribution in [1.29, 1.82) is 0 Å². The zero-order valence-electron chi connectivity index (χ0n) is 10.3. The molecule has 0 fully saturated rings. The average Bonchev–Trinajstić information content (AvgIpc) is 2.89. The summed E-state index contributed by atoms with van der Waals surface area (Å²) in [5.41, 5.74) is 6.03. The van der Waals surface area contributed by atoms with Gasteiger partial charge in [-0.15, -0.1) is 11.3 Å². The largest absolute Gasteiger partial charge is 0.497 e. The first-order valence-electron chi connectivity index (χ1n) is 5.83. The quantitative estimate of drug-likeness (QED) is 0.871. The van der Waals surface area contributed by atoms with Crippen molar-refractivity contribution in [2.75, 3.05) is 13.7 Å². The molecule has 1 aromatic carbocycles. The predicted molar refractivity (Wildman–Crippen MR) is 74.5 cm³/mol. The van der Waals surface area contributed by atoms with Crippen LogP contribution in [0.25, 0.3) is 0 Å². The SMILES string of the molecule is COc1cccc(OCC(N)Cc2cccs2)c1. The van der Waals surface area contributed by atoms with Gasteiger partial charge in [0.05, 0.1) is 7.11 Å². The molecule has 0 aliphatic heterocycles. The standard InChI is InChI=1S/C14H17NO2S/c1-16-12-4-2-5-13(9-12)17-10-11(15)8-14-6-3-7-18-14/h2-7,9,11H,8,10,15H2,1H3. The maximum absolute atomic E-state index is 6.03.